The maximum absolute atomic E-state index is 4.09. The summed E-state index contributed by atoms with van der Waals surface area (Å²) < 4.78 is 0. The van der Waals surface area contributed by atoms with Gasteiger partial charge in [-0.2, -0.15) is 0 Å². The molecule has 0 amide bonds. The molecular formula is C7H13N2Na. The van der Waals surface area contributed by atoms with Gasteiger partial charge in [-0.25, -0.2) is 0 Å². The Morgan fingerprint density at radius 2 is 2.60 bits per heavy atom. The Hall–Kier alpha value is 0.210. The minimum Gasteiger partial charge on any atom is -1.00 e. The predicted molar refractivity (Wildman–Crippen MR) is 40.8 cm³/mol. The first-order valence-corrected chi connectivity index (χ1v) is 3.23. The molecule has 0 saturated heterocycles. The van der Waals surface area contributed by atoms with Crippen molar-refractivity contribution in [1.29, 1.82) is 0 Å². The number of aliphatic imine (C=N–C) groups is 1. The van der Waals surface area contributed by atoms with Crippen molar-refractivity contribution < 1.29 is 31.0 Å². The summed E-state index contributed by atoms with van der Waals surface area (Å²) in [6.07, 6.45) is 3.82. The maximum atomic E-state index is 4.09. The molecule has 0 radical (unpaired) electrons. The molecule has 1 aliphatic rings. The van der Waals surface area contributed by atoms with Crippen LogP contribution in [0.15, 0.2) is 17.6 Å². The summed E-state index contributed by atoms with van der Waals surface area (Å²) in [5.74, 6) is 0. The maximum Gasteiger partial charge on any atom is 1.00 e. The predicted octanol–water partition coefficient (Wildman–Crippen LogP) is -1.98. The van der Waals surface area contributed by atoms with E-state index in [0.29, 0.717) is 6.04 Å². The molecule has 0 aromatic rings. The monoisotopic (exact) mass is 148 g/mol. The molecule has 1 atom stereocenters. The van der Waals surface area contributed by atoms with Crippen LogP contribution in [-0.2, 0) is 0 Å². The molecule has 0 aromatic heterocycles. The van der Waals surface area contributed by atoms with E-state index < -0.39 is 0 Å². The van der Waals surface area contributed by atoms with Crippen molar-refractivity contribution in [3.05, 3.63) is 12.7 Å². The molecule has 1 aliphatic heterocycles. The molecule has 10 heavy (non-hydrogen) atoms. The third-order valence-electron chi connectivity index (χ3n) is 1.58. The summed E-state index contributed by atoms with van der Waals surface area (Å²) in [6.45, 7) is 7.81. The second-order valence-corrected chi connectivity index (χ2v) is 2.24. The van der Waals surface area contributed by atoms with Gasteiger partial charge in [-0.3, -0.25) is 4.99 Å². The number of nitrogens with zero attached hydrogens (tertiary/aromatic N) is 2. The van der Waals surface area contributed by atoms with Crippen molar-refractivity contribution >= 4 is 6.34 Å². The van der Waals surface area contributed by atoms with E-state index in [-0.39, 0.29) is 31.0 Å². The van der Waals surface area contributed by atoms with Gasteiger partial charge in [0.05, 0.1) is 12.9 Å². The zero-order valence-electron chi connectivity index (χ0n) is 7.75. The Morgan fingerprint density at radius 3 is 3.00 bits per heavy atom. The first-order valence-electron chi connectivity index (χ1n) is 3.23. The summed E-state index contributed by atoms with van der Waals surface area (Å²) in [5, 5.41) is 0. The molecule has 0 aliphatic carbocycles. The molecule has 52 valence electrons. The first-order chi connectivity index (χ1) is 4.34. The van der Waals surface area contributed by atoms with Crippen LogP contribution >= 0.6 is 0 Å². The van der Waals surface area contributed by atoms with Crippen LogP contribution in [0.3, 0.4) is 0 Å². The molecule has 0 N–H and O–H groups in total. The normalized spacial score (nSPS) is 18.3. The molecular weight excluding hydrogens is 135 g/mol. The van der Waals surface area contributed by atoms with Gasteiger partial charge in [-0.1, -0.05) is 6.08 Å². The van der Waals surface area contributed by atoms with Gasteiger partial charge in [-0.05, 0) is 6.92 Å². The van der Waals surface area contributed by atoms with Gasteiger partial charge in [0.2, 0.25) is 0 Å². The van der Waals surface area contributed by atoms with E-state index in [2.05, 4.69) is 23.4 Å². The van der Waals surface area contributed by atoms with Gasteiger partial charge in [0.15, 0.2) is 0 Å². The van der Waals surface area contributed by atoms with Crippen LogP contribution in [0.4, 0.5) is 0 Å². The Balaban J connectivity index is 0. The standard InChI is InChI=1S/C7H12N2.Na.H/c1-3-7(2)9-5-4-8-6-9;;/h3,6-7H,1,4-5H2,2H3;;/q;+1;-1. The number of hydrogen-bond acceptors (Lipinski definition) is 2. The van der Waals surface area contributed by atoms with E-state index in [9.17, 15) is 0 Å². The molecule has 0 spiro atoms. The second kappa shape index (κ2) is 4.94. The molecule has 2 nitrogen and oxygen atoms in total. The van der Waals surface area contributed by atoms with E-state index in [1.807, 2.05) is 12.4 Å². The molecule has 0 fully saturated rings. The molecule has 1 rings (SSSR count). The van der Waals surface area contributed by atoms with E-state index in [1.165, 1.54) is 0 Å². The summed E-state index contributed by atoms with van der Waals surface area (Å²) in [7, 11) is 0. The third kappa shape index (κ3) is 2.45. The SMILES string of the molecule is C=CC(C)N1C=NCC1.[H-].[Na+]. The number of hydrogen-bond donors (Lipinski definition) is 0. The zero-order chi connectivity index (χ0) is 6.69. The quantitative estimate of drug-likeness (QED) is 0.327. The van der Waals surface area contributed by atoms with Crippen molar-refractivity contribution in [3.8, 4) is 0 Å². The largest absolute Gasteiger partial charge is 1.00 e. The van der Waals surface area contributed by atoms with Gasteiger partial charge in [-0.15, -0.1) is 6.58 Å². The van der Waals surface area contributed by atoms with Crippen LogP contribution in [0.1, 0.15) is 8.35 Å². The first kappa shape index (κ1) is 10.2. The van der Waals surface area contributed by atoms with Crippen LogP contribution in [0, 0.1) is 0 Å². The van der Waals surface area contributed by atoms with E-state index >= 15 is 0 Å². The molecule has 1 unspecified atom stereocenters. The fraction of sp³-hybridized carbons (Fsp3) is 0.571. The van der Waals surface area contributed by atoms with Gasteiger partial charge in [0.25, 0.3) is 0 Å². The van der Waals surface area contributed by atoms with Crippen LogP contribution in [0.2, 0.25) is 0 Å². The van der Waals surface area contributed by atoms with Crippen molar-refractivity contribution in [2.45, 2.75) is 13.0 Å². The van der Waals surface area contributed by atoms with Crippen LogP contribution in [0.25, 0.3) is 0 Å². The van der Waals surface area contributed by atoms with E-state index in [0.717, 1.165) is 13.1 Å². The van der Waals surface area contributed by atoms with E-state index in [4.69, 9.17) is 0 Å². The Morgan fingerprint density at radius 1 is 1.90 bits per heavy atom. The minimum atomic E-state index is 0. The van der Waals surface area contributed by atoms with Gasteiger partial charge >= 0.3 is 29.6 Å². The minimum absolute atomic E-state index is 0. The van der Waals surface area contributed by atoms with Crippen molar-refractivity contribution in [3.63, 3.8) is 0 Å². The Kier molecular flexibility index (Phi) is 5.04. The van der Waals surface area contributed by atoms with E-state index in [1.54, 1.807) is 0 Å². The average Bonchev–Trinajstić information content (AvgIpc) is 2.37. The smallest absolute Gasteiger partial charge is 1.00 e. The fourth-order valence-electron chi connectivity index (χ4n) is 0.838. The van der Waals surface area contributed by atoms with Gasteiger partial charge in [0, 0.05) is 12.6 Å². The summed E-state index contributed by atoms with van der Waals surface area (Å²) >= 11 is 0. The summed E-state index contributed by atoms with van der Waals surface area (Å²) in [6, 6.07) is 0.441. The van der Waals surface area contributed by atoms with Crippen molar-refractivity contribution in [1.82, 2.24) is 4.90 Å². The fourth-order valence-corrected chi connectivity index (χ4v) is 0.838. The zero-order valence-corrected chi connectivity index (χ0v) is 8.75. The van der Waals surface area contributed by atoms with Crippen LogP contribution in [0.5, 0.6) is 0 Å². The summed E-state index contributed by atoms with van der Waals surface area (Å²) in [4.78, 5) is 6.26. The Labute approximate surface area is 85.8 Å². The second-order valence-electron chi connectivity index (χ2n) is 2.24. The van der Waals surface area contributed by atoms with Crippen molar-refractivity contribution in [2.24, 2.45) is 4.99 Å². The molecule has 0 saturated carbocycles. The van der Waals surface area contributed by atoms with Crippen LogP contribution in [-0.4, -0.2) is 30.4 Å². The average molecular weight is 148 g/mol. The molecule has 1 heterocycles. The third-order valence-corrected chi connectivity index (χ3v) is 1.58. The Bertz CT molecular complexity index is 138. The number of rotatable bonds is 2. The molecule has 0 bridgehead atoms. The van der Waals surface area contributed by atoms with Crippen LogP contribution < -0.4 is 29.6 Å². The van der Waals surface area contributed by atoms with Crippen molar-refractivity contribution in [2.75, 3.05) is 13.1 Å². The van der Waals surface area contributed by atoms with Gasteiger partial charge < -0.3 is 6.33 Å². The molecule has 3 heteroatoms. The van der Waals surface area contributed by atoms with Gasteiger partial charge in [0.1, 0.15) is 0 Å². The molecule has 0 aromatic carbocycles. The summed E-state index contributed by atoms with van der Waals surface area (Å²) in [5.41, 5.74) is 0. The topological polar surface area (TPSA) is 15.6 Å².